The molecule has 0 aliphatic carbocycles. The van der Waals surface area contributed by atoms with Gasteiger partial charge in [-0.25, -0.2) is 4.31 Å². The lowest BCUT2D eigenvalue weighted by Crippen LogP contribution is -2.42. The zero-order valence-corrected chi connectivity index (χ0v) is 27.2. The van der Waals surface area contributed by atoms with Crippen LogP contribution in [0.4, 0.5) is 0 Å². The molecule has 2 amide bonds. The highest BCUT2D eigenvalue weighted by atomic mass is 32.2. The number of aromatic nitrogens is 1. The lowest BCUT2D eigenvalue weighted by molar-refractivity contribution is -0.131. The minimum absolute atomic E-state index is 0.0788. The first kappa shape index (κ1) is 32.5. The van der Waals surface area contributed by atoms with Crippen molar-refractivity contribution < 1.29 is 19.1 Å². The molecule has 4 heterocycles. The van der Waals surface area contributed by atoms with Gasteiger partial charge in [0, 0.05) is 72.5 Å². The molecule has 1 aromatic heterocycles. The molecule has 0 bridgehead atoms. The minimum atomic E-state index is -0.113. The van der Waals surface area contributed by atoms with E-state index in [2.05, 4.69) is 63.9 Å². The van der Waals surface area contributed by atoms with Gasteiger partial charge in [0.25, 0.3) is 11.8 Å². The Morgan fingerprint density at radius 3 is 2.45 bits per heavy atom. The Balaban J connectivity index is 1.58. The summed E-state index contributed by atoms with van der Waals surface area (Å²) in [5.74, 6) is 0.388. The number of nitrogens with zero attached hydrogens (tertiary/aromatic N) is 3. The van der Waals surface area contributed by atoms with Crippen molar-refractivity contribution in [3.8, 4) is 0 Å². The van der Waals surface area contributed by atoms with Crippen LogP contribution < -0.4 is 4.72 Å². The van der Waals surface area contributed by atoms with Crippen molar-refractivity contribution in [2.45, 2.75) is 71.3 Å². The Bertz CT molecular complexity index is 1370. The van der Waals surface area contributed by atoms with Gasteiger partial charge in [0.05, 0.1) is 33.0 Å². The predicted molar refractivity (Wildman–Crippen MR) is 179 cm³/mol. The monoisotopic (exact) mass is 620 g/mol. The first-order valence-corrected chi connectivity index (χ1v) is 17.2. The highest BCUT2D eigenvalue weighted by Gasteiger charge is 2.27. The lowest BCUT2D eigenvalue weighted by atomic mass is 9.87. The maximum atomic E-state index is 13.9. The molecular weight excluding hydrogens is 572 g/mol. The van der Waals surface area contributed by atoms with Crippen molar-refractivity contribution in [1.29, 1.82) is 0 Å². The summed E-state index contributed by atoms with van der Waals surface area (Å²) < 4.78 is 18.5. The largest absolute Gasteiger partial charge is 0.379 e. The Kier molecular flexibility index (Phi) is 12.2. The molecule has 3 aliphatic rings. The predicted octanol–water partition coefficient (Wildman–Crippen LogP) is 6.18. The van der Waals surface area contributed by atoms with E-state index in [-0.39, 0.29) is 11.8 Å². The second kappa shape index (κ2) is 16.5. The summed E-state index contributed by atoms with van der Waals surface area (Å²) in [4.78, 5) is 29.3. The van der Waals surface area contributed by atoms with Gasteiger partial charge >= 0.3 is 0 Å². The summed E-state index contributed by atoms with van der Waals surface area (Å²) in [5.41, 5.74) is 5.08. The van der Waals surface area contributed by atoms with Crippen molar-refractivity contribution in [3.05, 3.63) is 71.0 Å². The minimum Gasteiger partial charge on any atom is -0.379 e. The molecule has 1 atom stereocenters. The standard InChI is InChI=1S/C35H48N4O4S/c1-3-5-12-27(11-4-2)33-30-16-15-28(34(40)36-44-38-19-23-43-24-20-38)25-32(30)39-26-29(35(41)37-17-21-42-22-18-37)13-9-7-6-8-10-14-31(33)39/h6-8,10,13,15-16,25,27H,3-5,9,11-12,14,17-24,26H2,1-2H3,(H,36,40)/b7-6-,10-8-,29-13+. The molecule has 8 nitrogen and oxygen atoms in total. The van der Waals surface area contributed by atoms with E-state index in [9.17, 15) is 9.59 Å². The van der Waals surface area contributed by atoms with Crippen molar-refractivity contribution in [1.82, 2.24) is 18.5 Å². The summed E-state index contributed by atoms with van der Waals surface area (Å²) in [5, 5.41) is 1.20. The van der Waals surface area contributed by atoms with Crippen LogP contribution in [-0.2, 0) is 27.2 Å². The number of hydrogen-bond acceptors (Lipinski definition) is 6. The van der Waals surface area contributed by atoms with Gasteiger partial charge in [0.1, 0.15) is 0 Å². The van der Waals surface area contributed by atoms with E-state index < -0.39 is 0 Å². The number of nitrogens with one attached hydrogen (secondary N) is 1. The lowest BCUT2D eigenvalue weighted by Gasteiger charge is -2.28. The maximum Gasteiger partial charge on any atom is 0.262 e. The number of rotatable bonds is 10. The second-order valence-electron chi connectivity index (χ2n) is 11.8. The number of benzene rings is 1. The molecule has 2 aromatic rings. The number of unbranched alkanes of at least 4 members (excludes halogenated alkanes) is 1. The summed E-state index contributed by atoms with van der Waals surface area (Å²) >= 11 is 1.36. The molecule has 0 radical (unpaired) electrons. The first-order valence-electron chi connectivity index (χ1n) is 16.4. The van der Waals surface area contributed by atoms with Crippen LogP contribution in [0.25, 0.3) is 10.9 Å². The van der Waals surface area contributed by atoms with E-state index in [1.165, 1.54) is 35.2 Å². The van der Waals surface area contributed by atoms with E-state index in [4.69, 9.17) is 9.47 Å². The normalized spacial score (nSPS) is 21.5. The van der Waals surface area contributed by atoms with E-state index in [0.717, 1.165) is 56.3 Å². The summed E-state index contributed by atoms with van der Waals surface area (Å²) in [7, 11) is 0. The van der Waals surface area contributed by atoms with Crippen LogP contribution in [0, 0.1) is 0 Å². The van der Waals surface area contributed by atoms with Crippen LogP contribution in [0.15, 0.2) is 54.2 Å². The van der Waals surface area contributed by atoms with Gasteiger partial charge < -0.3 is 18.9 Å². The fourth-order valence-corrected chi connectivity index (χ4v) is 7.11. The van der Waals surface area contributed by atoms with Crippen LogP contribution in [0.3, 0.4) is 0 Å². The quantitative estimate of drug-likeness (QED) is 0.320. The van der Waals surface area contributed by atoms with Crippen LogP contribution in [0.1, 0.15) is 79.9 Å². The number of carbonyl (C=O) groups is 2. The Hall–Kier alpha value is -2.85. The third-order valence-electron chi connectivity index (χ3n) is 8.76. The van der Waals surface area contributed by atoms with E-state index in [1.54, 1.807) is 0 Å². The Labute approximate surface area is 266 Å². The number of ether oxygens (including phenoxy) is 2. The van der Waals surface area contributed by atoms with Crippen molar-refractivity contribution >= 4 is 34.9 Å². The van der Waals surface area contributed by atoms with Gasteiger partial charge in [-0.1, -0.05) is 69.6 Å². The average Bonchev–Trinajstić information content (AvgIpc) is 3.34. The van der Waals surface area contributed by atoms with Crippen LogP contribution >= 0.6 is 12.1 Å². The molecule has 2 fully saturated rings. The number of carbonyl (C=O) groups excluding carboxylic acids is 2. The van der Waals surface area contributed by atoms with E-state index >= 15 is 0 Å². The molecule has 3 aliphatic heterocycles. The van der Waals surface area contributed by atoms with Crippen LogP contribution in [-0.4, -0.2) is 78.2 Å². The number of morpholine rings is 2. The summed E-state index contributed by atoms with van der Waals surface area (Å²) in [6.45, 7) is 10.3. The molecule has 238 valence electrons. The Morgan fingerprint density at radius 1 is 0.955 bits per heavy atom. The summed E-state index contributed by atoms with van der Waals surface area (Å²) in [6, 6.07) is 6.16. The van der Waals surface area contributed by atoms with E-state index in [1.807, 2.05) is 17.0 Å². The molecule has 2 saturated heterocycles. The molecule has 1 N–H and O–H groups in total. The summed E-state index contributed by atoms with van der Waals surface area (Å²) in [6.07, 6.45) is 17.8. The molecule has 1 unspecified atom stereocenters. The van der Waals surface area contributed by atoms with Crippen molar-refractivity contribution in [3.63, 3.8) is 0 Å². The molecular formula is C35H48N4O4S. The molecule has 5 rings (SSSR count). The zero-order chi connectivity index (χ0) is 30.7. The van der Waals surface area contributed by atoms with Crippen LogP contribution in [0.5, 0.6) is 0 Å². The highest BCUT2D eigenvalue weighted by molar-refractivity contribution is 7.95. The van der Waals surface area contributed by atoms with Gasteiger partial charge in [-0.2, -0.15) is 0 Å². The maximum absolute atomic E-state index is 13.9. The second-order valence-corrected chi connectivity index (χ2v) is 12.7. The van der Waals surface area contributed by atoms with Gasteiger partial charge in [-0.15, -0.1) is 0 Å². The number of amides is 2. The molecule has 0 saturated carbocycles. The highest BCUT2D eigenvalue weighted by Crippen LogP contribution is 2.39. The third kappa shape index (κ3) is 8.05. The zero-order valence-electron chi connectivity index (χ0n) is 26.4. The Morgan fingerprint density at radius 2 is 1.70 bits per heavy atom. The number of fused-ring (bicyclic) bond motifs is 3. The molecule has 0 spiro atoms. The third-order valence-corrected chi connectivity index (χ3v) is 9.66. The van der Waals surface area contributed by atoms with Gasteiger partial charge in [0.15, 0.2) is 0 Å². The van der Waals surface area contributed by atoms with Crippen molar-refractivity contribution in [2.75, 3.05) is 52.6 Å². The molecule has 1 aromatic carbocycles. The first-order chi connectivity index (χ1) is 21.6. The molecule has 9 heteroatoms. The number of hydrogen-bond donors (Lipinski definition) is 1. The average molecular weight is 621 g/mol. The number of allylic oxidation sites excluding steroid dienone is 5. The van der Waals surface area contributed by atoms with Crippen LogP contribution in [0.2, 0.25) is 0 Å². The topological polar surface area (TPSA) is 76.0 Å². The van der Waals surface area contributed by atoms with Gasteiger partial charge in [-0.05, 0) is 42.9 Å². The van der Waals surface area contributed by atoms with Crippen molar-refractivity contribution in [2.24, 2.45) is 0 Å². The molecule has 44 heavy (non-hydrogen) atoms. The smallest absolute Gasteiger partial charge is 0.262 e. The fourth-order valence-electron chi connectivity index (χ4n) is 6.45. The van der Waals surface area contributed by atoms with E-state index in [0.29, 0.717) is 64.0 Å². The fraction of sp³-hybridized carbons (Fsp3) is 0.543. The van der Waals surface area contributed by atoms with Gasteiger partial charge in [0.2, 0.25) is 0 Å². The SMILES string of the molecule is CCCCC(CCC)c1c2n(c3cc(C(=O)NSN4CCOCC4)ccc13)C/C(C(=O)N1CCOCC1)=C\C/C=C\C=C/C2. The van der Waals surface area contributed by atoms with Gasteiger partial charge in [-0.3, -0.25) is 14.3 Å².